The van der Waals surface area contributed by atoms with E-state index in [4.69, 9.17) is 18.7 Å². The highest BCUT2D eigenvalue weighted by Gasteiger charge is 2.21. The van der Waals surface area contributed by atoms with Crippen LogP contribution in [-0.4, -0.2) is 41.7 Å². The lowest BCUT2D eigenvalue weighted by Crippen LogP contribution is -1.95. The van der Waals surface area contributed by atoms with Gasteiger partial charge in [0.25, 0.3) is 0 Å². The highest BCUT2D eigenvalue weighted by atomic mass is 32.2. The van der Waals surface area contributed by atoms with E-state index in [1.165, 1.54) is 30.4 Å². The Hall–Kier alpha value is -2.23. The number of phosphoric acid groups is 1. The van der Waals surface area contributed by atoms with Gasteiger partial charge in [0.15, 0.2) is 11.5 Å². The zero-order valence-electron chi connectivity index (χ0n) is 16.6. The molecule has 0 saturated carbocycles. The molecule has 0 aliphatic heterocycles. The van der Waals surface area contributed by atoms with Gasteiger partial charge in [0.05, 0.1) is 26.2 Å². The first-order chi connectivity index (χ1) is 14.3. The molecule has 30 heavy (non-hydrogen) atoms. The van der Waals surface area contributed by atoms with Crippen LogP contribution in [0.4, 0.5) is 0 Å². The smallest absolute Gasteiger partial charge is 0.493 e. The first kappa shape index (κ1) is 22.5. The lowest BCUT2D eigenvalue weighted by molar-refractivity contribution is 0.281. The molecule has 160 valence electrons. The van der Waals surface area contributed by atoms with Gasteiger partial charge in [0.2, 0.25) is 5.75 Å². The number of phosphoric ester groups is 1. The van der Waals surface area contributed by atoms with E-state index >= 15 is 0 Å². The molecule has 0 fully saturated rings. The van der Waals surface area contributed by atoms with E-state index in [9.17, 15) is 14.4 Å². The van der Waals surface area contributed by atoms with E-state index in [0.29, 0.717) is 27.7 Å². The average Bonchev–Trinajstić information content (AvgIpc) is 3.21. The molecule has 1 aromatic heterocycles. The molecule has 0 unspecified atom stereocenters. The number of aromatic nitrogens is 1. The number of methoxy groups -OCH3 is 3. The predicted molar refractivity (Wildman–Crippen MR) is 117 cm³/mol. The normalized spacial score (nSPS) is 11.3. The summed E-state index contributed by atoms with van der Waals surface area (Å²) in [6.45, 7) is 0. The maximum Gasteiger partial charge on any atom is 0.524 e. The topological polar surface area (TPSA) is 107 Å². The third kappa shape index (κ3) is 4.74. The van der Waals surface area contributed by atoms with Gasteiger partial charge in [0, 0.05) is 22.2 Å². The van der Waals surface area contributed by atoms with Crippen LogP contribution in [0.5, 0.6) is 23.0 Å². The molecule has 1 heterocycles. The zero-order chi connectivity index (χ0) is 21.9. The van der Waals surface area contributed by atoms with E-state index in [1.807, 2.05) is 18.2 Å². The SMILES string of the molecule is COc1cc(-c2sncc2-c2ccc(SC)c(OP(=O)(O)O)c2)cc(OC)c1OC. The molecule has 0 amide bonds. The summed E-state index contributed by atoms with van der Waals surface area (Å²) < 4.78 is 36.8. The zero-order valence-corrected chi connectivity index (χ0v) is 19.1. The van der Waals surface area contributed by atoms with Crippen LogP contribution in [0.1, 0.15) is 0 Å². The largest absolute Gasteiger partial charge is 0.524 e. The van der Waals surface area contributed by atoms with E-state index in [2.05, 4.69) is 4.37 Å². The molecule has 0 bridgehead atoms. The van der Waals surface area contributed by atoms with Crippen molar-refractivity contribution in [2.24, 2.45) is 0 Å². The second kappa shape index (κ2) is 9.28. The van der Waals surface area contributed by atoms with E-state index in [0.717, 1.165) is 16.0 Å². The minimum Gasteiger partial charge on any atom is -0.493 e. The third-order valence-corrected chi connectivity index (χ3v) is 6.25. The summed E-state index contributed by atoms with van der Waals surface area (Å²) in [5.74, 6) is 1.61. The minimum atomic E-state index is -4.70. The van der Waals surface area contributed by atoms with Crippen LogP contribution in [0.15, 0.2) is 41.4 Å². The highest BCUT2D eigenvalue weighted by Crippen LogP contribution is 2.47. The van der Waals surface area contributed by atoms with Gasteiger partial charge in [0.1, 0.15) is 5.75 Å². The van der Waals surface area contributed by atoms with Crippen molar-refractivity contribution in [3.05, 3.63) is 36.5 Å². The molecule has 0 saturated heterocycles. The highest BCUT2D eigenvalue weighted by molar-refractivity contribution is 7.98. The van der Waals surface area contributed by atoms with Crippen LogP contribution in [0.3, 0.4) is 0 Å². The molecule has 2 aromatic carbocycles. The standard InChI is InChI=1S/C19H20NO7PS2/c1-24-15-8-12(9-16(25-2)18(15)26-3)19-13(10-20-30-19)11-5-6-17(29-4)14(7-11)27-28(21,22)23/h5-10H,1-4H3,(H2,21,22,23). The Labute approximate surface area is 182 Å². The van der Waals surface area contributed by atoms with E-state index in [1.54, 1.807) is 38.8 Å². The van der Waals surface area contributed by atoms with E-state index < -0.39 is 7.82 Å². The quantitative estimate of drug-likeness (QED) is 0.359. The average molecular weight is 469 g/mol. The number of thioether (sulfide) groups is 1. The number of hydrogen-bond donors (Lipinski definition) is 2. The maximum absolute atomic E-state index is 11.4. The van der Waals surface area contributed by atoms with Gasteiger partial charge in [-0.15, -0.1) is 11.8 Å². The van der Waals surface area contributed by atoms with Gasteiger partial charge >= 0.3 is 7.82 Å². The van der Waals surface area contributed by atoms with Crippen LogP contribution >= 0.6 is 31.1 Å². The first-order valence-corrected chi connectivity index (χ1v) is 12.0. The number of ether oxygens (including phenoxy) is 3. The van der Waals surface area contributed by atoms with Crippen molar-refractivity contribution in [2.45, 2.75) is 4.90 Å². The summed E-state index contributed by atoms with van der Waals surface area (Å²) in [5, 5.41) is 0. The molecule has 3 rings (SSSR count). The van der Waals surface area contributed by atoms with Crippen LogP contribution < -0.4 is 18.7 Å². The lowest BCUT2D eigenvalue weighted by atomic mass is 10.0. The van der Waals surface area contributed by atoms with Crippen LogP contribution in [0, 0.1) is 0 Å². The Morgan fingerprint density at radius 3 is 2.13 bits per heavy atom. The molecule has 3 aromatic rings. The Morgan fingerprint density at radius 2 is 1.60 bits per heavy atom. The van der Waals surface area contributed by atoms with Crippen molar-refractivity contribution in [2.75, 3.05) is 27.6 Å². The fraction of sp³-hybridized carbons (Fsp3) is 0.211. The second-order valence-electron chi connectivity index (χ2n) is 5.93. The summed E-state index contributed by atoms with van der Waals surface area (Å²) >= 11 is 2.61. The number of hydrogen-bond acceptors (Lipinski definition) is 8. The van der Waals surface area contributed by atoms with Crippen molar-refractivity contribution < 1.29 is 33.1 Å². The molecule has 0 aliphatic carbocycles. The molecule has 0 aliphatic rings. The summed E-state index contributed by atoms with van der Waals surface area (Å²) in [4.78, 5) is 19.9. The number of nitrogens with zero attached hydrogens (tertiary/aromatic N) is 1. The van der Waals surface area contributed by atoms with Crippen molar-refractivity contribution in [3.63, 3.8) is 0 Å². The van der Waals surface area contributed by atoms with Gasteiger partial charge in [-0.05, 0) is 47.6 Å². The van der Waals surface area contributed by atoms with Gasteiger partial charge in [-0.1, -0.05) is 6.07 Å². The van der Waals surface area contributed by atoms with E-state index in [-0.39, 0.29) is 5.75 Å². The molecular weight excluding hydrogens is 449 g/mol. The lowest BCUT2D eigenvalue weighted by Gasteiger charge is -2.15. The van der Waals surface area contributed by atoms with Gasteiger partial charge < -0.3 is 18.7 Å². The summed E-state index contributed by atoms with van der Waals surface area (Å²) in [6.07, 6.45) is 3.49. The summed E-state index contributed by atoms with van der Waals surface area (Å²) in [5.41, 5.74) is 2.28. The Bertz CT molecular complexity index is 1070. The summed E-state index contributed by atoms with van der Waals surface area (Å²) in [7, 11) is -0.0761. The Balaban J connectivity index is 2.13. The molecule has 11 heteroatoms. The number of rotatable bonds is 8. The van der Waals surface area contributed by atoms with Crippen molar-refractivity contribution in [1.82, 2.24) is 4.37 Å². The summed E-state index contributed by atoms with van der Waals surface area (Å²) in [6, 6.07) is 8.84. The minimum absolute atomic E-state index is 0.107. The molecule has 0 radical (unpaired) electrons. The van der Waals surface area contributed by atoms with Crippen LogP contribution in [0.2, 0.25) is 0 Å². The molecule has 2 N–H and O–H groups in total. The Morgan fingerprint density at radius 1 is 0.967 bits per heavy atom. The van der Waals surface area contributed by atoms with Gasteiger partial charge in [-0.25, -0.2) is 4.57 Å². The van der Waals surface area contributed by atoms with Crippen molar-refractivity contribution >= 4 is 31.1 Å². The van der Waals surface area contributed by atoms with Crippen LogP contribution in [-0.2, 0) is 4.57 Å². The van der Waals surface area contributed by atoms with Crippen molar-refractivity contribution in [1.29, 1.82) is 0 Å². The fourth-order valence-corrected chi connectivity index (χ4v) is 4.64. The van der Waals surface area contributed by atoms with Gasteiger partial charge in [-0.2, -0.15) is 4.37 Å². The fourth-order valence-electron chi connectivity index (χ4n) is 2.91. The Kier molecular flexibility index (Phi) is 6.95. The van der Waals surface area contributed by atoms with Gasteiger partial charge in [-0.3, -0.25) is 9.79 Å². The molecule has 0 atom stereocenters. The monoisotopic (exact) mass is 469 g/mol. The maximum atomic E-state index is 11.4. The second-order valence-corrected chi connectivity index (χ2v) is 8.74. The predicted octanol–water partition coefficient (Wildman–Crippen LogP) is 4.70. The van der Waals surface area contributed by atoms with Crippen molar-refractivity contribution in [3.8, 4) is 44.6 Å². The number of benzene rings is 2. The molecular formula is C19H20NO7PS2. The third-order valence-electron chi connectivity index (χ3n) is 4.19. The molecule has 8 nitrogen and oxygen atoms in total. The molecule has 0 spiro atoms. The van der Waals surface area contributed by atoms with Crippen LogP contribution in [0.25, 0.3) is 21.6 Å². The first-order valence-electron chi connectivity index (χ1n) is 8.50.